The molecule has 0 fully saturated rings. The number of halogens is 1. The summed E-state index contributed by atoms with van der Waals surface area (Å²) in [7, 11) is 4.64. The molecule has 0 heterocycles. The van der Waals surface area contributed by atoms with E-state index in [1.165, 1.54) is 0 Å². The van der Waals surface area contributed by atoms with Crippen LogP contribution in [0.15, 0.2) is 40.9 Å². The van der Waals surface area contributed by atoms with Gasteiger partial charge in [0.2, 0.25) is 5.75 Å². The van der Waals surface area contributed by atoms with Crippen LogP contribution in [0.2, 0.25) is 0 Å². The van der Waals surface area contributed by atoms with Crippen LogP contribution in [0.4, 0.5) is 0 Å². The molecule has 112 valence electrons. The fraction of sp³-hybridized carbons (Fsp3) is 0.250. The third-order valence-electron chi connectivity index (χ3n) is 3.19. The van der Waals surface area contributed by atoms with Crippen molar-refractivity contribution in [3.8, 4) is 17.2 Å². The van der Waals surface area contributed by atoms with Crippen LogP contribution in [0.25, 0.3) is 0 Å². The van der Waals surface area contributed by atoms with Gasteiger partial charge in [0.1, 0.15) is 6.10 Å². The first-order chi connectivity index (χ1) is 10.1. The Morgan fingerprint density at radius 3 is 1.81 bits per heavy atom. The molecule has 5 heteroatoms. The van der Waals surface area contributed by atoms with Gasteiger partial charge in [0.05, 0.1) is 21.3 Å². The first kappa shape index (κ1) is 15.7. The second kappa shape index (κ2) is 6.83. The summed E-state index contributed by atoms with van der Waals surface area (Å²) in [5.74, 6) is 1.54. The van der Waals surface area contributed by atoms with Gasteiger partial charge in [-0.2, -0.15) is 0 Å². The van der Waals surface area contributed by atoms with Crippen LogP contribution >= 0.6 is 15.9 Å². The Morgan fingerprint density at radius 2 is 1.38 bits per heavy atom. The number of ether oxygens (including phenoxy) is 3. The Balaban J connectivity index is 2.45. The van der Waals surface area contributed by atoms with Gasteiger partial charge in [-0.15, -0.1) is 0 Å². The molecule has 21 heavy (non-hydrogen) atoms. The maximum absolute atomic E-state index is 10.5. The smallest absolute Gasteiger partial charge is 0.203 e. The number of methoxy groups -OCH3 is 3. The molecule has 1 atom stereocenters. The monoisotopic (exact) mass is 352 g/mol. The lowest BCUT2D eigenvalue weighted by molar-refractivity contribution is 0.218. The van der Waals surface area contributed by atoms with E-state index in [0.29, 0.717) is 22.8 Å². The van der Waals surface area contributed by atoms with Crippen molar-refractivity contribution in [2.24, 2.45) is 0 Å². The standard InChI is InChI=1S/C16H17BrO4/c1-19-13-8-11(9-14(20-2)16(13)21-3)15(18)10-4-6-12(17)7-5-10/h4-9,15,18H,1-3H3. The maximum Gasteiger partial charge on any atom is 0.203 e. The summed E-state index contributed by atoms with van der Waals surface area (Å²) in [6.07, 6.45) is -0.771. The van der Waals surface area contributed by atoms with E-state index >= 15 is 0 Å². The molecule has 0 aliphatic carbocycles. The molecule has 1 unspecified atom stereocenters. The third kappa shape index (κ3) is 3.31. The molecule has 0 saturated carbocycles. The SMILES string of the molecule is COc1cc(C(O)c2ccc(Br)cc2)cc(OC)c1OC. The van der Waals surface area contributed by atoms with Crippen LogP contribution in [0.5, 0.6) is 17.2 Å². The van der Waals surface area contributed by atoms with Crippen LogP contribution in [0, 0.1) is 0 Å². The van der Waals surface area contributed by atoms with Crippen LogP contribution in [0.3, 0.4) is 0 Å². The highest BCUT2D eigenvalue weighted by Crippen LogP contribution is 2.40. The minimum absolute atomic E-state index is 0.506. The molecule has 4 nitrogen and oxygen atoms in total. The predicted molar refractivity (Wildman–Crippen MR) is 84.3 cm³/mol. The fourth-order valence-corrected chi connectivity index (χ4v) is 2.36. The molecule has 0 aromatic heterocycles. The van der Waals surface area contributed by atoms with Crippen molar-refractivity contribution in [3.63, 3.8) is 0 Å². The summed E-state index contributed by atoms with van der Waals surface area (Å²) in [6.45, 7) is 0. The van der Waals surface area contributed by atoms with E-state index in [0.717, 1.165) is 10.0 Å². The molecule has 0 amide bonds. The van der Waals surface area contributed by atoms with E-state index in [1.54, 1.807) is 33.5 Å². The average Bonchev–Trinajstić information content (AvgIpc) is 2.53. The van der Waals surface area contributed by atoms with Gasteiger partial charge >= 0.3 is 0 Å². The summed E-state index contributed by atoms with van der Waals surface area (Å²) in [5.41, 5.74) is 1.46. The van der Waals surface area contributed by atoms with Crippen molar-refractivity contribution in [2.45, 2.75) is 6.10 Å². The van der Waals surface area contributed by atoms with E-state index < -0.39 is 6.10 Å². The lowest BCUT2D eigenvalue weighted by Crippen LogP contribution is -2.02. The van der Waals surface area contributed by atoms with E-state index in [9.17, 15) is 5.11 Å². The quantitative estimate of drug-likeness (QED) is 0.893. The van der Waals surface area contributed by atoms with Crippen molar-refractivity contribution in [1.82, 2.24) is 0 Å². The molecule has 0 bridgehead atoms. The Kier molecular flexibility index (Phi) is 5.09. The topological polar surface area (TPSA) is 47.9 Å². The normalized spacial score (nSPS) is 11.9. The highest BCUT2D eigenvalue weighted by Gasteiger charge is 2.18. The fourth-order valence-electron chi connectivity index (χ4n) is 2.10. The molecule has 0 saturated heterocycles. The largest absolute Gasteiger partial charge is 0.493 e. The highest BCUT2D eigenvalue weighted by atomic mass is 79.9. The van der Waals surface area contributed by atoms with Crippen molar-refractivity contribution < 1.29 is 19.3 Å². The first-order valence-electron chi connectivity index (χ1n) is 6.34. The number of hydrogen-bond acceptors (Lipinski definition) is 4. The molecule has 0 aliphatic rings. The Bertz CT molecular complexity index is 585. The lowest BCUT2D eigenvalue weighted by atomic mass is 10.0. The summed E-state index contributed by atoms with van der Waals surface area (Å²) < 4.78 is 16.8. The van der Waals surface area contributed by atoms with Gasteiger partial charge < -0.3 is 19.3 Å². The van der Waals surface area contributed by atoms with Crippen molar-refractivity contribution in [2.75, 3.05) is 21.3 Å². The summed E-state index contributed by atoms with van der Waals surface area (Å²) in [6, 6.07) is 11.0. The highest BCUT2D eigenvalue weighted by molar-refractivity contribution is 9.10. The molecule has 0 spiro atoms. The van der Waals surface area contributed by atoms with Crippen LogP contribution < -0.4 is 14.2 Å². The molecular weight excluding hydrogens is 336 g/mol. The minimum atomic E-state index is -0.771. The third-order valence-corrected chi connectivity index (χ3v) is 3.72. The van der Waals surface area contributed by atoms with Crippen molar-refractivity contribution in [3.05, 3.63) is 52.0 Å². The summed E-state index contributed by atoms with van der Waals surface area (Å²) in [4.78, 5) is 0. The van der Waals surface area contributed by atoms with Crippen molar-refractivity contribution in [1.29, 1.82) is 0 Å². The average molecular weight is 353 g/mol. The van der Waals surface area contributed by atoms with Crippen LogP contribution in [-0.2, 0) is 0 Å². The number of aliphatic hydroxyl groups excluding tert-OH is 1. The minimum Gasteiger partial charge on any atom is -0.493 e. The Morgan fingerprint density at radius 1 is 0.857 bits per heavy atom. The van der Waals surface area contributed by atoms with E-state index in [2.05, 4.69) is 15.9 Å². The zero-order valence-electron chi connectivity index (χ0n) is 12.1. The van der Waals surface area contributed by atoms with E-state index in [1.807, 2.05) is 24.3 Å². The van der Waals surface area contributed by atoms with E-state index in [4.69, 9.17) is 14.2 Å². The molecule has 1 N–H and O–H groups in total. The van der Waals surface area contributed by atoms with Gasteiger partial charge in [0, 0.05) is 4.47 Å². The molecular formula is C16H17BrO4. The van der Waals surface area contributed by atoms with Crippen LogP contribution in [0.1, 0.15) is 17.2 Å². The van der Waals surface area contributed by atoms with Gasteiger partial charge in [-0.3, -0.25) is 0 Å². The second-order valence-electron chi connectivity index (χ2n) is 4.41. The Labute approximate surface area is 132 Å². The zero-order valence-corrected chi connectivity index (χ0v) is 13.7. The second-order valence-corrected chi connectivity index (χ2v) is 5.33. The maximum atomic E-state index is 10.5. The molecule has 0 aliphatic heterocycles. The number of hydrogen-bond donors (Lipinski definition) is 1. The number of benzene rings is 2. The number of rotatable bonds is 5. The number of aliphatic hydroxyl groups is 1. The zero-order chi connectivity index (χ0) is 15.4. The summed E-state index contributed by atoms with van der Waals surface area (Å²) >= 11 is 3.38. The molecule has 2 rings (SSSR count). The Hall–Kier alpha value is -1.72. The molecule has 2 aromatic rings. The first-order valence-corrected chi connectivity index (χ1v) is 7.13. The predicted octanol–water partition coefficient (Wildman–Crippen LogP) is 3.56. The molecule has 2 aromatic carbocycles. The van der Waals surface area contributed by atoms with Gasteiger partial charge in [-0.25, -0.2) is 0 Å². The summed E-state index contributed by atoms with van der Waals surface area (Å²) in [5, 5.41) is 10.5. The van der Waals surface area contributed by atoms with E-state index in [-0.39, 0.29) is 0 Å². The van der Waals surface area contributed by atoms with Gasteiger partial charge in [0.25, 0.3) is 0 Å². The molecule has 0 radical (unpaired) electrons. The van der Waals surface area contributed by atoms with Gasteiger partial charge in [0.15, 0.2) is 11.5 Å². The van der Waals surface area contributed by atoms with Crippen molar-refractivity contribution >= 4 is 15.9 Å². The van der Waals surface area contributed by atoms with Gasteiger partial charge in [-0.05, 0) is 35.4 Å². The van der Waals surface area contributed by atoms with Gasteiger partial charge in [-0.1, -0.05) is 28.1 Å². The van der Waals surface area contributed by atoms with Crippen LogP contribution in [-0.4, -0.2) is 26.4 Å². The lowest BCUT2D eigenvalue weighted by Gasteiger charge is -2.17.